The molecular formula is C11H19N3O4. The molecule has 0 bridgehead atoms. The van der Waals surface area contributed by atoms with E-state index in [-0.39, 0.29) is 18.9 Å². The van der Waals surface area contributed by atoms with Gasteiger partial charge in [0.25, 0.3) is 0 Å². The van der Waals surface area contributed by atoms with Gasteiger partial charge in [-0.25, -0.2) is 9.59 Å². The van der Waals surface area contributed by atoms with Crippen LogP contribution in [0.2, 0.25) is 0 Å². The van der Waals surface area contributed by atoms with Crippen molar-refractivity contribution in [3.05, 3.63) is 0 Å². The maximum Gasteiger partial charge on any atom is 0.326 e. The number of urea groups is 1. The Bertz CT molecular complexity index is 332. The predicted octanol–water partition coefficient (Wildman–Crippen LogP) is -0.229. The lowest BCUT2D eigenvalue weighted by Gasteiger charge is -2.21. The molecule has 0 spiro atoms. The van der Waals surface area contributed by atoms with E-state index in [1.165, 1.54) is 4.90 Å². The van der Waals surface area contributed by atoms with E-state index >= 15 is 0 Å². The summed E-state index contributed by atoms with van der Waals surface area (Å²) in [6.45, 7) is 3.04. The molecule has 0 aromatic carbocycles. The van der Waals surface area contributed by atoms with Gasteiger partial charge >= 0.3 is 12.0 Å². The average molecular weight is 257 g/mol. The summed E-state index contributed by atoms with van der Waals surface area (Å²) in [4.78, 5) is 35.1. The number of nitrogens with zero attached hydrogens (tertiary/aromatic N) is 1. The van der Waals surface area contributed by atoms with Gasteiger partial charge in [0.1, 0.15) is 6.04 Å². The number of amides is 3. The van der Waals surface area contributed by atoms with E-state index in [1.807, 2.05) is 6.92 Å². The van der Waals surface area contributed by atoms with E-state index in [2.05, 4.69) is 10.6 Å². The lowest BCUT2D eigenvalue weighted by atomic mass is 10.2. The van der Waals surface area contributed by atoms with Crippen molar-refractivity contribution >= 4 is 17.9 Å². The zero-order valence-electron chi connectivity index (χ0n) is 10.4. The Morgan fingerprint density at radius 3 is 2.67 bits per heavy atom. The maximum absolute atomic E-state index is 11.7. The van der Waals surface area contributed by atoms with Gasteiger partial charge in [-0.15, -0.1) is 0 Å². The molecule has 1 heterocycles. The summed E-state index contributed by atoms with van der Waals surface area (Å²) in [6.07, 6.45) is 1.38. The molecule has 3 N–H and O–H groups in total. The molecule has 7 heteroatoms. The highest BCUT2D eigenvalue weighted by molar-refractivity contribution is 5.83. The number of carbonyl (C=O) groups excluding carboxylic acids is 2. The number of likely N-dealkylation sites (tertiary alicyclic amines) is 1. The molecule has 0 aliphatic carbocycles. The Hall–Kier alpha value is -1.79. The third-order valence-electron chi connectivity index (χ3n) is 2.80. The minimum Gasteiger partial charge on any atom is -0.480 e. The number of carboxylic acids is 1. The van der Waals surface area contributed by atoms with Gasteiger partial charge in [-0.2, -0.15) is 0 Å². The van der Waals surface area contributed by atoms with Crippen LogP contribution in [0.15, 0.2) is 0 Å². The van der Waals surface area contributed by atoms with E-state index < -0.39 is 18.0 Å². The Morgan fingerprint density at radius 1 is 1.33 bits per heavy atom. The fourth-order valence-electron chi connectivity index (χ4n) is 1.94. The highest BCUT2D eigenvalue weighted by Crippen LogP contribution is 2.17. The summed E-state index contributed by atoms with van der Waals surface area (Å²) in [7, 11) is 0. The van der Waals surface area contributed by atoms with Crippen LogP contribution in [0.3, 0.4) is 0 Å². The first-order valence-electron chi connectivity index (χ1n) is 6.10. The third-order valence-corrected chi connectivity index (χ3v) is 2.80. The van der Waals surface area contributed by atoms with E-state index in [0.717, 1.165) is 0 Å². The fourth-order valence-corrected chi connectivity index (χ4v) is 1.94. The van der Waals surface area contributed by atoms with Crippen LogP contribution in [-0.2, 0) is 9.59 Å². The molecule has 1 atom stereocenters. The van der Waals surface area contributed by atoms with Crippen molar-refractivity contribution in [1.82, 2.24) is 15.5 Å². The number of rotatable bonds is 5. The van der Waals surface area contributed by atoms with E-state index in [1.54, 1.807) is 0 Å². The molecule has 3 amide bonds. The zero-order chi connectivity index (χ0) is 13.5. The van der Waals surface area contributed by atoms with Crippen molar-refractivity contribution in [2.75, 3.05) is 19.6 Å². The van der Waals surface area contributed by atoms with E-state index in [0.29, 0.717) is 25.9 Å². The van der Waals surface area contributed by atoms with Gasteiger partial charge in [-0.3, -0.25) is 4.79 Å². The van der Waals surface area contributed by atoms with Crippen molar-refractivity contribution in [1.29, 1.82) is 0 Å². The standard InChI is InChI=1S/C11H19N3O4/c1-2-12-9(15)5-6-13-11(18)14-7-3-4-8(14)10(16)17/h8H,2-7H2,1H3,(H,12,15)(H,13,18)(H,16,17)/t8-/m0/s1. The average Bonchev–Trinajstić information content (AvgIpc) is 2.78. The van der Waals surface area contributed by atoms with Crippen LogP contribution < -0.4 is 10.6 Å². The van der Waals surface area contributed by atoms with Gasteiger partial charge in [0, 0.05) is 26.1 Å². The van der Waals surface area contributed by atoms with Gasteiger partial charge in [-0.05, 0) is 19.8 Å². The maximum atomic E-state index is 11.7. The highest BCUT2D eigenvalue weighted by atomic mass is 16.4. The van der Waals surface area contributed by atoms with Crippen molar-refractivity contribution in [3.8, 4) is 0 Å². The predicted molar refractivity (Wildman–Crippen MR) is 64.1 cm³/mol. The van der Waals surface area contributed by atoms with E-state index in [4.69, 9.17) is 5.11 Å². The topological polar surface area (TPSA) is 98.7 Å². The summed E-state index contributed by atoms with van der Waals surface area (Å²) in [5.41, 5.74) is 0. The highest BCUT2D eigenvalue weighted by Gasteiger charge is 2.33. The van der Waals surface area contributed by atoms with Gasteiger partial charge in [0.15, 0.2) is 0 Å². The monoisotopic (exact) mass is 257 g/mol. The van der Waals surface area contributed by atoms with Gasteiger partial charge in [-0.1, -0.05) is 0 Å². The van der Waals surface area contributed by atoms with Crippen LogP contribution in [0.25, 0.3) is 0 Å². The summed E-state index contributed by atoms with van der Waals surface area (Å²) in [6, 6.07) is -1.15. The number of aliphatic carboxylic acids is 1. The Kier molecular flexibility index (Phi) is 5.41. The number of nitrogens with one attached hydrogen (secondary N) is 2. The van der Waals surface area contributed by atoms with Crippen molar-refractivity contribution in [2.24, 2.45) is 0 Å². The molecule has 7 nitrogen and oxygen atoms in total. The zero-order valence-corrected chi connectivity index (χ0v) is 10.4. The minimum atomic E-state index is -0.980. The van der Waals surface area contributed by atoms with Crippen LogP contribution in [0.4, 0.5) is 4.79 Å². The molecule has 102 valence electrons. The molecule has 1 fully saturated rings. The number of carbonyl (C=O) groups is 3. The molecule has 1 aliphatic heterocycles. The first kappa shape index (κ1) is 14.3. The second-order valence-corrected chi connectivity index (χ2v) is 4.13. The van der Waals surface area contributed by atoms with Crippen LogP contribution in [-0.4, -0.2) is 53.6 Å². The number of carboxylic acid groups (broad SMARTS) is 1. The smallest absolute Gasteiger partial charge is 0.326 e. The first-order chi connectivity index (χ1) is 8.56. The molecule has 0 aromatic heterocycles. The molecule has 0 radical (unpaired) electrons. The molecule has 18 heavy (non-hydrogen) atoms. The molecule has 1 rings (SSSR count). The Morgan fingerprint density at radius 2 is 2.06 bits per heavy atom. The molecule has 0 saturated carbocycles. The molecule has 1 saturated heterocycles. The molecule has 0 aromatic rings. The van der Waals surface area contributed by atoms with Gasteiger partial charge in [0.05, 0.1) is 0 Å². The fraction of sp³-hybridized carbons (Fsp3) is 0.727. The van der Waals surface area contributed by atoms with Crippen molar-refractivity contribution in [3.63, 3.8) is 0 Å². The molecule has 0 unspecified atom stereocenters. The van der Waals surface area contributed by atoms with Crippen LogP contribution in [0.5, 0.6) is 0 Å². The SMILES string of the molecule is CCNC(=O)CCNC(=O)N1CCC[C@H]1C(=O)O. The molecule has 1 aliphatic rings. The van der Waals surface area contributed by atoms with Crippen molar-refractivity contribution in [2.45, 2.75) is 32.2 Å². The normalized spacial score (nSPS) is 18.5. The summed E-state index contributed by atoms with van der Waals surface area (Å²) >= 11 is 0. The van der Waals surface area contributed by atoms with Gasteiger partial charge < -0.3 is 20.6 Å². The Labute approximate surface area is 106 Å². The summed E-state index contributed by atoms with van der Waals surface area (Å²) in [5.74, 6) is -1.11. The second-order valence-electron chi connectivity index (χ2n) is 4.13. The van der Waals surface area contributed by atoms with Gasteiger partial charge in [0.2, 0.25) is 5.91 Å². The summed E-state index contributed by atoms with van der Waals surface area (Å²) < 4.78 is 0. The number of hydrogen-bond donors (Lipinski definition) is 3. The minimum absolute atomic E-state index is 0.131. The number of hydrogen-bond acceptors (Lipinski definition) is 3. The van der Waals surface area contributed by atoms with Crippen molar-refractivity contribution < 1.29 is 19.5 Å². The molecular weight excluding hydrogens is 238 g/mol. The third kappa shape index (κ3) is 3.90. The van der Waals surface area contributed by atoms with Crippen LogP contribution >= 0.6 is 0 Å². The second kappa shape index (κ2) is 6.83. The van der Waals surface area contributed by atoms with Crippen LogP contribution in [0, 0.1) is 0 Å². The quantitative estimate of drug-likeness (QED) is 0.633. The summed E-state index contributed by atoms with van der Waals surface area (Å²) in [5, 5.41) is 14.1. The van der Waals surface area contributed by atoms with E-state index in [9.17, 15) is 14.4 Å². The Balaban J connectivity index is 2.32. The lowest BCUT2D eigenvalue weighted by Crippen LogP contribution is -2.46. The van der Waals surface area contributed by atoms with Crippen LogP contribution in [0.1, 0.15) is 26.2 Å². The lowest BCUT2D eigenvalue weighted by molar-refractivity contribution is -0.141. The largest absolute Gasteiger partial charge is 0.480 e. The first-order valence-corrected chi connectivity index (χ1v) is 6.10.